The smallest absolute Gasteiger partial charge is 0.265 e. The Morgan fingerprint density at radius 1 is 1.11 bits per heavy atom. The number of rotatable bonds is 10. The molecule has 28 heavy (non-hydrogen) atoms. The second-order valence-corrected chi connectivity index (χ2v) is 7.26. The Morgan fingerprint density at radius 2 is 1.82 bits per heavy atom. The first-order valence-electron chi connectivity index (χ1n) is 9.64. The van der Waals surface area contributed by atoms with Crippen molar-refractivity contribution in [3.05, 3.63) is 64.5 Å². The number of anilines is 1. The summed E-state index contributed by atoms with van der Waals surface area (Å²) in [6, 6.07) is 11.1. The van der Waals surface area contributed by atoms with E-state index in [0.29, 0.717) is 23.2 Å². The first kappa shape index (κ1) is 21.9. The molecule has 0 saturated carbocycles. The number of unbranched alkanes of at least 4 members (excludes halogenated alkanes) is 1. The normalized spacial score (nSPS) is 11.9. The topological polar surface area (TPSA) is 73.4 Å². The van der Waals surface area contributed by atoms with Gasteiger partial charge in [-0.1, -0.05) is 29.8 Å². The van der Waals surface area contributed by atoms with Crippen LogP contribution in [0.15, 0.2) is 36.4 Å². The molecule has 0 radical (unpaired) electrons. The molecule has 0 bridgehead atoms. The standard InChI is InChI=1S/C22H30FN3O2/c1-15-7-6-8-18(11-15)14-24-10-5-4-9-20(22(27)26-28)25-19-12-16(2)21(23)17(3)13-19/h6-8,11-13,20,24-25,28H,4-5,9-10,14H2,1-3H3,(H,26,27)/t20-/m1/s1. The zero-order valence-electron chi connectivity index (χ0n) is 16.8. The average Bonchev–Trinajstić information content (AvgIpc) is 2.67. The fourth-order valence-corrected chi connectivity index (χ4v) is 3.23. The van der Waals surface area contributed by atoms with Crippen molar-refractivity contribution in [1.29, 1.82) is 0 Å². The first-order valence-corrected chi connectivity index (χ1v) is 9.64. The number of carbonyl (C=O) groups is 1. The number of amides is 1. The minimum atomic E-state index is -0.578. The lowest BCUT2D eigenvalue weighted by molar-refractivity contribution is -0.130. The van der Waals surface area contributed by atoms with Crippen LogP contribution in [0, 0.1) is 26.6 Å². The summed E-state index contributed by atoms with van der Waals surface area (Å²) in [6.07, 6.45) is 2.28. The summed E-state index contributed by atoms with van der Waals surface area (Å²) >= 11 is 0. The summed E-state index contributed by atoms with van der Waals surface area (Å²) in [4.78, 5) is 12.0. The monoisotopic (exact) mass is 387 g/mol. The number of nitrogens with one attached hydrogen (secondary N) is 3. The molecule has 0 spiro atoms. The van der Waals surface area contributed by atoms with Gasteiger partial charge in [0.25, 0.3) is 5.91 Å². The van der Waals surface area contributed by atoms with E-state index in [4.69, 9.17) is 5.21 Å². The van der Waals surface area contributed by atoms with Crippen LogP contribution in [-0.4, -0.2) is 23.7 Å². The van der Waals surface area contributed by atoms with Crippen LogP contribution in [-0.2, 0) is 11.3 Å². The van der Waals surface area contributed by atoms with Gasteiger partial charge in [0.15, 0.2) is 0 Å². The molecule has 0 heterocycles. The summed E-state index contributed by atoms with van der Waals surface area (Å²) in [6.45, 7) is 7.11. The number of halogens is 1. The van der Waals surface area contributed by atoms with E-state index >= 15 is 0 Å². The fraction of sp³-hybridized carbons (Fsp3) is 0.409. The summed E-state index contributed by atoms with van der Waals surface area (Å²) in [7, 11) is 0. The van der Waals surface area contributed by atoms with E-state index < -0.39 is 11.9 Å². The second-order valence-electron chi connectivity index (χ2n) is 7.26. The van der Waals surface area contributed by atoms with E-state index in [1.165, 1.54) is 11.1 Å². The van der Waals surface area contributed by atoms with Crippen LogP contribution in [0.3, 0.4) is 0 Å². The van der Waals surface area contributed by atoms with Gasteiger partial charge in [-0.3, -0.25) is 10.0 Å². The lowest BCUT2D eigenvalue weighted by Gasteiger charge is -2.19. The quantitative estimate of drug-likeness (QED) is 0.282. The van der Waals surface area contributed by atoms with Crippen LogP contribution in [0.4, 0.5) is 10.1 Å². The Morgan fingerprint density at radius 3 is 2.46 bits per heavy atom. The number of hydrogen-bond donors (Lipinski definition) is 4. The van der Waals surface area contributed by atoms with Crippen molar-refractivity contribution in [1.82, 2.24) is 10.8 Å². The van der Waals surface area contributed by atoms with Crippen molar-refractivity contribution in [3.8, 4) is 0 Å². The molecule has 1 atom stereocenters. The average molecular weight is 387 g/mol. The van der Waals surface area contributed by atoms with Crippen molar-refractivity contribution >= 4 is 11.6 Å². The molecular formula is C22H30FN3O2. The van der Waals surface area contributed by atoms with Crippen LogP contribution in [0.1, 0.15) is 41.5 Å². The number of carbonyl (C=O) groups excluding carboxylic acids is 1. The number of benzene rings is 2. The van der Waals surface area contributed by atoms with E-state index in [0.717, 1.165) is 25.9 Å². The predicted molar refractivity (Wildman–Crippen MR) is 110 cm³/mol. The Balaban J connectivity index is 1.80. The molecule has 6 heteroatoms. The molecule has 152 valence electrons. The molecule has 4 N–H and O–H groups in total. The predicted octanol–water partition coefficient (Wildman–Crippen LogP) is 4.00. The zero-order chi connectivity index (χ0) is 20.5. The lowest BCUT2D eigenvalue weighted by Crippen LogP contribution is -2.38. The molecule has 0 aliphatic rings. The van der Waals surface area contributed by atoms with E-state index in [1.54, 1.807) is 31.5 Å². The minimum Gasteiger partial charge on any atom is -0.374 e. The van der Waals surface area contributed by atoms with Crippen LogP contribution in [0.2, 0.25) is 0 Å². The Labute approximate surface area is 166 Å². The molecular weight excluding hydrogens is 357 g/mol. The highest BCUT2D eigenvalue weighted by molar-refractivity contribution is 5.83. The maximum atomic E-state index is 13.8. The van der Waals surface area contributed by atoms with E-state index in [-0.39, 0.29) is 5.82 Å². The zero-order valence-corrected chi connectivity index (χ0v) is 16.8. The highest BCUT2D eigenvalue weighted by Crippen LogP contribution is 2.20. The molecule has 2 rings (SSSR count). The van der Waals surface area contributed by atoms with Gasteiger partial charge in [0.2, 0.25) is 0 Å². The van der Waals surface area contributed by atoms with Gasteiger partial charge in [-0.05, 0) is 75.4 Å². The summed E-state index contributed by atoms with van der Waals surface area (Å²) < 4.78 is 13.8. The summed E-state index contributed by atoms with van der Waals surface area (Å²) in [5.41, 5.74) is 5.92. The third kappa shape index (κ3) is 6.62. The van der Waals surface area contributed by atoms with Gasteiger partial charge >= 0.3 is 0 Å². The highest BCUT2D eigenvalue weighted by Gasteiger charge is 2.18. The summed E-state index contributed by atoms with van der Waals surface area (Å²) in [5, 5.41) is 15.5. The lowest BCUT2D eigenvalue weighted by atomic mass is 10.1. The molecule has 1 amide bonds. The Kier molecular flexibility index (Phi) is 8.42. The first-order chi connectivity index (χ1) is 13.4. The number of aryl methyl sites for hydroxylation is 3. The molecule has 0 aliphatic carbocycles. The molecule has 0 saturated heterocycles. The molecule has 2 aromatic rings. The van der Waals surface area contributed by atoms with Gasteiger partial charge in [-0.25, -0.2) is 9.87 Å². The third-order valence-electron chi connectivity index (χ3n) is 4.71. The van der Waals surface area contributed by atoms with E-state index in [1.807, 2.05) is 0 Å². The third-order valence-corrected chi connectivity index (χ3v) is 4.71. The Bertz CT molecular complexity index is 772. The summed E-state index contributed by atoms with van der Waals surface area (Å²) in [5.74, 6) is -0.735. The van der Waals surface area contributed by atoms with Gasteiger partial charge in [0.05, 0.1) is 0 Å². The van der Waals surface area contributed by atoms with Crippen LogP contribution in [0.5, 0.6) is 0 Å². The van der Waals surface area contributed by atoms with E-state index in [2.05, 4.69) is 41.8 Å². The SMILES string of the molecule is Cc1cccc(CNCCCC[C@@H](Nc2cc(C)c(F)c(C)c2)C(=O)NO)c1. The maximum absolute atomic E-state index is 13.8. The van der Waals surface area contributed by atoms with Crippen molar-refractivity contribution < 1.29 is 14.4 Å². The van der Waals surface area contributed by atoms with Crippen molar-refractivity contribution in [2.75, 3.05) is 11.9 Å². The molecule has 0 aliphatic heterocycles. The van der Waals surface area contributed by atoms with Crippen LogP contribution < -0.4 is 16.1 Å². The fourth-order valence-electron chi connectivity index (χ4n) is 3.23. The van der Waals surface area contributed by atoms with Gasteiger partial charge < -0.3 is 10.6 Å². The highest BCUT2D eigenvalue weighted by atomic mass is 19.1. The van der Waals surface area contributed by atoms with Gasteiger partial charge in [0, 0.05) is 12.2 Å². The largest absolute Gasteiger partial charge is 0.374 e. The number of hydrogen-bond acceptors (Lipinski definition) is 4. The number of hydroxylamine groups is 1. The van der Waals surface area contributed by atoms with Crippen molar-refractivity contribution in [3.63, 3.8) is 0 Å². The maximum Gasteiger partial charge on any atom is 0.265 e. The van der Waals surface area contributed by atoms with Crippen molar-refractivity contribution in [2.45, 2.75) is 52.6 Å². The Hall–Kier alpha value is -2.44. The van der Waals surface area contributed by atoms with Crippen LogP contribution >= 0.6 is 0 Å². The molecule has 2 aromatic carbocycles. The second kappa shape index (κ2) is 10.8. The minimum absolute atomic E-state index is 0.242. The van der Waals surface area contributed by atoms with E-state index in [9.17, 15) is 9.18 Å². The molecule has 0 aromatic heterocycles. The molecule has 0 unspecified atom stereocenters. The van der Waals surface area contributed by atoms with Crippen molar-refractivity contribution in [2.24, 2.45) is 0 Å². The van der Waals surface area contributed by atoms with Gasteiger partial charge in [0.1, 0.15) is 11.9 Å². The molecule has 5 nitrogen and oxygen atoms in total. The van der Waals surface area contributed by atoms with Gasteiger partial charge in [-0.2, -0.15) is 0 Å². The molecule has 0 fully saturated rings. The van der Waals surface area contributed by atoms with Crippen LogP contribution in [0.25, 0.3) is 0 Å². The van der Waals surface area contributed by atoms with Gasteiger partial charge in [-0.15, -0.1) is 0 Å².